The van der Waals surface area contributed by atoms with Gasteiger partial charge in [0.2, 0.25) is 11.8 Å². The van der Waals surface area contributed by atoms with Gasteiger partial charge in [-0.1, -0.05) is 48.0 Å². The Balaban J connectivity index is 1.93. The molecule has 1 N–H and O–H groups in total. The van der Waals surface area contributed by atoms with Gasteiger partial charge in [-0.25, -0.2) is 0 Å². The van der Waals surface area contributed by atoms with Crippen LogP contribution in [0.15, 0.2) is 54.6 Å². The minimum absolute atomic E-state index is 0.0462. The van der Waals surface area contributed by atoms with E-state index in [9.17, 15) is 9.59 Å². The molecule has 0 bridgehead atoms. The van der Waals surface area contributed by atoms with Crippen LogP contribution in [0, 0.1) is 6.92 Å². The van der Waals surface area contributed by atoms with E-state index in [1.807, 2.05) is 68.4 Å². The van der Waals surface area contributed by atoms with Gasteiger partial charge in [0.15, 0.2) is 0 Å². The number of nitrogens with one attached hydrogen (secondary N) is 1. The lowest BCUT2D eigenvalue weighted by atomic mass is 10.1. The van der Waals surface area contributed by atoms with Crippen molar-refractivity contribution in [2.45, 2.75) is 46.2 Å². The van der Waals surface area contributed by atoms with E-state index in [-0.39, 0.29) is 11.8 Å². The number of rotatable bonds is 10. The molecule has 0 spiro atoms. The third kappa shape index (κ3) is 6.72. The van der Waals surface area contributed by atoms with Crippen LogP contribution in [0.3, 0.4) is 0 Å². The van der Waals surface area contributed by atoms with Crippen LogP contribution < -0.4 is 10.1 Å². The quantitative estimate of drug-likeness (QED) is 0.637. The van der Waals surface area contributed by atoms with E-state index in [1.54, 1.807) is 11.8 Å². The average Bonchev–Trinajstić information content (AvgIpc) is 2.71. The lowest BCUT2D eigenvalue weighted by Crippen LogP contribution is -2.47. The van der Waals surface area contributed by atoms with Crippen molar-refractivity contribution in [1.29, 1.82) is 0 Å². The van der Waals surface area contributed by atoms with Crippen molar-refractivity contribution in [1.82, 2.24) is 10.2 Å². The molecule has 0 heterocycles. The molecule has 150 valence electrons. The minimum Gasteiger partial charge on any atom is -0.494 e. The Morgan fingerprint density at radius 2 is 1.75 bits per heavy atom. The van der Waals surface area contributed by atoms with Crippen LogP contribution >= 0.6 is 0 Å². The Bertz CT molecular complexity index is 744. The maximum Gasteiger partial charge on any atom is 0.242 e. The normalized spacial score (nSPS) is 11.5. The van der Waals surface area contributed by atoms with E-state index in [0.29, 0.717) is 32.5 Å². The van der Waals surface area contributed by atoms with Gasteiger partial charge < -0.3 is 15.0 Å². The second kappa shape index (κ2) is 11.1. The van der Waals surface area contributed by atoms with Crippen LogP contribution in [0.25, 0.3) is 0 Å². The molecule has 0 aromatic heterocycles. The van der Waals surface area contributed by atoms with Gasteiger partial charge >= 0.3 is 0 Å². The largest absolute Gasteiger partial charge is 0.494 e. The number of ether oxygens (including phenoxy) is 1. The fourth-order valence-electron chi connectivity index (χ4n) is 2.88. The molecule has 0 aliphatic carbocycles. The van der Waals surface area contributed by atoms with Gasteiger partial charge in [0.05, 0.1) is 6.61 Å². The van der Waals surface area contributed by atoms with E-state index in [1.165, 1.54) is 5.56 Å². The number of carbonyl (C=O) groups excluding carboxylic acids is 2. The highest BCUT2D eigenvalue weighted by Crippen LogP contribution is 2.14. The fraction of sp³-hybridized carbons (Fsp3) is 0.391. The molecule has 2 aromatic carbocycles. The molecule has 28 heavy (non-hydrogen) atoms. The highest BCUT2D eigenvalue weighted by Gasteiger charge is 2.25. The molecule has 2 rings (SSSR count). The summed E-state index contributed by atoms with van der Waals surface area (Å²) in [7, 11) is 0. The van der Waals surface area contributed by atoms with E-state index >= 15 is 0 Å². The number of benzene rings is 2. The molecular weight excluding hydrogens is 352 g/mol. The van der Waals surface area contributed by atoms with Crippen LogP contribution in [0.4, 0.5) is 0 Å². The smallest absolute Gasteiger partial charge is 0.242 e. The predicted octanol–water partition coefficient (Wildman–Crippen LogP) is 3.71. The van der Waals surface area contributed by atoms with Crippen molar-refractivity contribution in [3.05, 3.63) is 65.7 Å². The standard InChI is InChI=1S/C23H30N2O3/c1-4-24-23(27)19(3)25(17-20-9-6-5-7-10-20)22(26)11-8-16-28-21-14-12-18(2)13-15-21/h5-7,9-10,12-15,19H,4,8,11,16-17H2,1-3H3,(H,24,27)/t19-/m0/s1. The zero-order chi connectivity index (χ0) is 20.4. The molecule has 2 aromatic rings. The zero-order valence-corrected chi connectivity index (χ0v) is 17.0. The Hall–Kier alpha value is -2.82. The molecule has 1 atom stereocenters. The van der Waals surface area contributed by atoms with Crippen molar-refractivity contribution in [3.8, 4) is 5.75 Å². The van der Waals surface area contributed by atoms with Gasteiger partial charge in [0.1, 0.15) is 11.8 Å². The monoisotopic (exact) mass is 382 g/mol. The molecule has 5 heteroatoms. The van der Waals surface area contributed by atoms with Crippen molar-refractivity contribution < 1.29 is 14.3 Å². The molecule has 0 aliphatic rings. The van der Waals surface area contributed by atoms with Gasteiger partial charge in [-0.2, -0.15) is 0 Å². The van der Waals surface area contributed by atoms with Crippen molar-refractivity contribution in [3.63, 3.8) is 0 Å². The zero-order valence-electron chi connectivity index (χ0n) is 17.0. The Morgan fingerprint density at radius 1 is 1.07 bits per heavy atom. The number of aryl methyl sites for hydroxylation is 1. The van der Waals surface area contributed by atoms with Crippen LogP contribution in [-0.4, -0.2) is 35.9 Å². The van der Waals surface area contributed by atoms with Crippen LogP contribution in [0.1, 0.15) is 37.8 Å². The summed E-state index contributed by atoms with van der Waals surface area (Å²) in [6.07, 6.45) is 0.933. The molecule has 0 fully saturated rings. The van der Waals surface area contributed by atoms with Crippen LogP contribution in [0.5, 0.6) is 5.75 Å². The number of amides is 2. The van der Waals surface area contributed by atoms with Gasteiger partial charge in [-0.05, 0) is 44.9 Å². The first-order valence-corrected chi connectivity index (χ1v) is 9.81. The average molecular weight is 383 g/mol. The number of nitrogens with zero attached hydrogens (tertiary/aromatic N) is 1. The summed E-state index contributed by atoms with van der Waals surface area (Å²) in [5, 5.41) is 2.80. The predicted molar refractivity (Wildman–Crippen MR) is 111 cm³/mol. The van der Waals surface area contributed by atoms with Gasteiger partial charge in [0, 0.05) is 19.5 Å². The summed E-state index contributed by atoms with van der Waals surface area (Å²) >= 11 is 0. The van der Waals surface area contributed by atoms with Crippen LogP contribution in [0.2, 0.25) is 0 Å². The summed E-state index contributed by atoms with van der Waals surface area (Å²) < 4.78 is 5.71. The topological polar surface area (TPSA) is 58.6 Å². The first kappa shape index (κ1) is 21.5. The Labute approximate surface area is 167 Å². The molecule has 0 saturated carbocycles. The maximum atomic E-state index is 12.8. The number of hydrogen-bond donors (Lipinski definition) is 1. The number of carbonyl (C=O) groups is 2. The summed E-state index contributed by atoms with van der Waals surface area (Å²) in [6.45, 7) is 7.09. The maximum absolute atomic E-state index is 12.8. The Morgan fingerprint density at radius 3 is 2.39 bits per heavy atom. The number of hydrogen-bond acceptors (Lipinski definition) is 3. The molecule has 5 nitrogen and oxygen atoms in total. The van der Waals surface area contributed by atoms with Gasteiger partial charge in [-0.15, -0.1) is 0 Å². The molecular formula is C23H30N2O3. The summed E-state index contributed by atoms with van der Waals surface area (Å²) in [5.41, 5.74) is 2.18. The van der Waals surface area contributed by atoms with E-state index in [4.69, 9.17) is 4.74 Å². The van der Waals surface area contributed by atoms with Crippen molar-refractivity contribution >= 4 is 11.8 Å². The summed E-state index contributed by atoms with van der Waals surface area (Å²) in [5.74, 6) is 0.618. The van der Waals surface area contributed by atoms with Gasteiger partial charge in [-0.3, -0.25) is 9.59 Å². The van der Waals surface area contributed by atoms with E-state index in [0.717, 1.165) is 11.3 Å². The molecule has 0 saturated heterocycles. The third-order valence-electron chi connectivity index (χ3n) is 4.54. The SMILES string of the molecule is CCNC(=O)[C@H](C)N(Cc1ccccc1)C(=O)CCCOc1ccc(C)cc1. The second-order valence-electron chi connectivity index (χ2n) is 6.84. The van der Waals surface area contributed by atoms with Crippen LogP contribution in [-0.2, 0) is 16.1 Å². The first-order chi connectivity index (χ1) is 13.5. The van der Waals surface area contributed by atoms with Crippen molar-refractivity contribution in [2.24, 2.45) is 0 Å². The molecule has 0 unspecified atom stereocenters. The highest BCUT2D eigenvalue weighted by molar-refractivity contribution is 5.87. The molecule has 2 amide bonds. The highest BCUT2D eigenvalue weighted by atomic mass is 16.5. The molecule has 0 radical (unpaired) electrons. The molecule has 0 aliphatic heterocycles. The van der Waals surface area contributed by atoms with Crippen molar-refractivity contribution in [2.75, 3.05) is 13.2 Å². The van der Waals surface area contributed by atoms with E-state index in [2.05, 4.69) is 5.32 Å². The fourth-order valence-corrected chi connectivity index (χ4v) is 2.88. The Kier molecular flexibility index (Phi) is 8.53. The lowest BCUT2D eigenvalue weighted by Gasteiger charge is -2.28. The van der Waals surface area contributed by atoms with E-state index < -0.39 is 6.04 Å². The number of likely N-dealkylation sites (N-methyl/N-ethyl adjacent to an activating group) is 1. The van der Waals surface area contributed by atoms with Gasteiger partial charge in [0.25, 0.3) is 0 Å². The second-order valence-corrected chi connectivity index (χ2v) is 6.84. The first-order valence-electron chi connectivity index (χ1n) is 9.81. The summed E-state index contributed by atoms with van der Waals surface area (Å²) in [6, 6.07) is 17.1. The summed E-state index contributed by atoms with van der Waals surface area (Å²) in [4.78, 5) is 26.8. The lowest BCUT2D eigenvalue weighted by molar-refractivity contribution is -0.140. The minimum atomic E-state index is -0.523. The third-order valence-corrected chi connectivity index (χ3v) is 4.54.